The Morgan fingerprint density at radius 3 is 2.91 bits per heavy atom. The summed E-state index contributed by atoms with van der Waals surface area (Å²) in [6.07, 6.45) is 7.32. The number of benzene rings is 1. The molecule has 6 heteroatoms. The number of carbonyl (C=O) groups excluding carboxylic acids is 1. The van der Waals surface area contributed by atoms with Gasteiger partial charge in [0.25, 0.3) is 5.91 Å². The third-order valence-corrected chi connectivity index (χ3v) is 3.82. The Morgan fingerprint density at radius 2 is 2.09 bits per heavy atom. The minimum Gasteiger partial charge on any atom is -0.381 e. The minimum absolute atomic E-state index is 0.244. The maximum atomic E-state index is 13.5. The lowest BCUT2D eigenvalue weighted by atomic mass is 10.2. The number of fused-ring (bicyclic) bond motifs is 1. The second kappa shape index (κ2) is 5.39. The third-order valence-electron chi connectivity index (χ3n) is 3.82. The second-order valence-corrected chi connectivity index (χ2v) is 5.67. The van der Waals surface area contributed by atoms with Crippen LogP contribution in [0, 0.1) is 5.82 Å². The summed E-state index contributed by atoms with van der Waals surface area (Å²) in [4.78, 5) is 16.6. The number of pyridine rings is 1. The van der Waals surface area contributed by atoms with E-state index in [4.69, 9.17) is 0 Å². The highest BCUT2D eigenvalue weighted by Gasteiger charge is 2.22. The van der Waals surface area contributed by atoms with Gasteiger partial charge in [-0.3, -0.25) is 4.79 Å². The normalized spacial score (nSPS) is 14.0. The van der Waals surface area contributed by atoms with Crippen LogP contribution in [-0.4, -0.2) is 21.3 Å². The standard InChI is InChI=1S/C17H15FN4O/c18-12-2-5-14(15(9-12)20-13-3-4-13)21-17(23)11-1-6-16-19-7-8-22(16)10-11/h1-2,5-10,13,20H,3-4H2,(H,21,23). The lowest BCUT2D eigenvalue weighted by molar-refractivity contribution is 0.102. The van der Waals surface area contributed by atoms with Crippen molar-refractivity contribution in [2.45, 2.75) is 18.9 Å². The number of carbonyl (C=O) groups is 1. The zero-order valence-corrected chi connectivity index (χ0v) is 12.3. The molecule has 0 atom stereocenters. The van der Waals surface area contributed by atoms with Crippen LogP contribution < -0.4 is 10.6 Å². The van der Waals surface area contributed by atoms with E-state index in [-0.39, 0.29) is 11.7 Å². The molecule has 1 aliphatic carbocycles. The van der Waals surface area contributed by atoms with Gasteiger partial charge >= 0.3 is 0 Å². The summed E-state index contributed by atoms with van der Waals surface area (Å²) in [5, 5.41) is 6.08. The number of nitrogens with zero attached hydrogens (tertiary/aromatic N) is 2. The number of amides is 1. The predicted molar refractivity (Wildman–Crippen MR) is 86.2 cm³/mol. The molecule has 1 saturated carbocycles. The van der Waals surface area contributed by atoms with E-state index < -0.39 is 0 Å². The van der Waals surface area contributed by atoms with E-state index in [1.165, 1.54) is 12.1 Å². The number of hydrogen-bond acceptors (Lipinski definition) is 3. The Balaban J connectivity index is 1.60. The molecule has 3 aromatic rings. The molecule has 1 amide bonds. The van der Waals surface area contributed by atoms with Gasteiger partial charge in [0, 0.05) is 24.6 Å². The highest BCUT2D eigenvalue weighted by Crippen LogP contribution is 2.30. The number of nitrogens with one attached hydrogen (secondary N) is 2. The van der Waals surface area contributed by atoms with Crippen molar-refractivity contribution in [3.63, 3.8) is 0 Å². The van der Waals surface area contributed by atoms with Crippen molar-refractivity contribution in [2.75, 3.05) is 10.6 Å². The van der Waals surface area contributed by atoms with E-state index in [0.717, 1.165) is 18.5 Å². The van der Waals surface area contributed by atoms with Crippen LogP contribution in [-0.2, 0) is 0 Å². The van der Waals surface area contributed by atoms with E-state index in [9.17, 15) is 9.18 Å². The van der Waals surface area contributed by atoms with Crippen LogP contribution in [0.5, 0.6) is 0 Å². The fourth-order valence-electron chi connectivity index (χ4n) is 2.44. The lowest BCUT2D eigenvalue weighted by Gasteiger charge is -2.13. The van der Waals surface area contributed by atoms with Crippen molar-refractivity contribution in [1.82, 2.24) is 9.38 Å². The van der Waals surface area contributed by atoms with Gasteiger partial charge in [0.05, 0.1) is 16.9 Å². The number of aromatic nitrogens is 2. The number of rotatable bonds is 4. The van der Waals surface area contributed by atoms with Gasteiger partial charge in [-0.2, -0.15) is 0 Å². The summed E-state index contributed by atoms with van der Waals surface area (Å²) in [6, 6.07) is 8.20. The molecule has 23 heavy (non-hydrogen) atoms. The largest absolute Gasteiger partial charge is 0.381 e. The molecule has 116 valence electrons. The molecule has 0 radical (unpaired) electrons. The van der Waals surface area contributed by atoms with Gasteiger partial charge < -0.3 is 15.0 Å². The molecule has 1 fully saturated rings. The van der Waals surface area contributed by atoms with Crippen molar-refractivity contribution in [3.8, 4) is 0 Å². The summed E-state index contributed by atoms with van der Waals surface area (Å²) < 4.78 is 15.2. The third kappa shape index (κ3) is 2.88. The summed E-state index contributed by atoms with van der Waals surface area (Å²) in [5.41, 5.74) is 2.48. The van der Waals surface area contributed by atoms with Crippen molar-refractivity contribution in [1.29, 1.82) is 0 Å². The molecule has 2 heterocycles. The first kappa shape index (κ1) is 13.8. The molecule has 1 aromatic carbocycles. The molecule has 2 N–H and O–H groups in total. The molecule has 5 nitrogen and oxygen atoms in total. The predicted octanol–water partition coefficient (Wildman–Crippen LogP) is 3.30. The van der Waals surface area contributed by atoms with Crippen molar-refractivity contribution in [2.24, 2.45) is 0 Å². The smallest absolute Gasteiger partial charge is 0.257 e. The first-order chi connectivity index (χ1) is 11.2. The van der Waals surface area contributed by atoms with Gasteiger partial charge in [0.15, 0.2) is 0 Å². The summed E-state index contributed by atoms with van der Waals surface area (Å²) in [5.74, 6) is -0.572. The molecule has 0 unspecified atom stereocenters. The first-order valence-corrected chi connectivity index (χ1v) is 7.49. The Bertz CT molecular complexity index is 885. The number of hydrogen-bond donors (Lipinski definition) is 2. The number of anilines is 2. The van der Waals surface area contributed by atoms with E-state index in [1.807, 2.05) is 0 Å². The topological polar surface area (TPSA) is 58.4 Å². The molecule has 2 aromatic heterocycles. The van der Waals surface area contributed by atoms with E-state index in [0.29, 0.717) is 23.0 Å². The second-order valence-electron chi connectivity index (χ2n) is 5.67. The highest BCUT2D eigenvalue weighted by molar-refractivity contribution is 6.05. The Morgan fingerprint density at radius 1 is 1.22 bits per heavy atom. The van der Waals surface area contributed by atoms with Crippen molar-refractivity contribution in [3.05, 3.63) is 60.3 Å². The molecular weight excluding hydrogens is 295 g/mol. The fourth-order valence-corrected chi connectivity index (χ4v) is 2.44. The monoisotopic (exact) mass is 310 g/mol. The molecule has 1 aliphatic rings. The van der Waals surface area contributed by atoms with Crippen LogP contribution >= 0.6 is 0 Å². The zero-order chi connectivity index (χ0) is 15.8. The first-order valence-electron chi connectivity index (χ1n) is 7.49. The fraction of sp³-hybridized carbons (Fsp3) is 0.176. The molecule has 4 rings (SSSR count). The number of imidazole rings is 1. The van der Waals surface area contributed by atoms with Crippen LogP contribution in [0.25, 0.3) is 5.65 Å². The summed E-state index contributed by atoms with van der Waals surface area (Å²) in [7, 11) is 0. The zero-order valence-electron chi connectivity index (χ0n) is 12.3. The molecular formula is C17H15FN4O. The maximum Gasteiger partial charge on any atom is 0.257 e. The molecule has 0 saturated heterocycles. The molecule has 0 bridgehead atoms. The summed E-state index contributed by atoms with van der Waals surface area (Å²) >= 11 is 0. The van der Waals surface area contributed by atoms with Crippen molar-refractivity contribution < 1.29 is 9.18 Å². The number of halogens is 1. The van der Waals surface area contributed by atoms with Crippen LogP contribution in [0.3, 0.4) is 0 Å². The van der Waals surface area contributed by atoms with Crippen molar-refractivity contribution >= 4 is 22.9 Å². The van der Waals surface area contributed by atoms with Gasteiger partial charge in [-0.05, 0) is 43.2 Å². The SMILES string of the molecule is O=C(Nc1ccc(F)cc1NC1CC1)c1ccc2nccn2c1. The average molecular weight is 310 g/mol. The van der Waals surface area contributed by atoms with Gasteiger partial charge in [-0.1, -0.05) is 0 Å². The average Bonchev–Trinajstić information content (AvgIpc) is 3.23. The van der Waals surface area contributed by atoms with E-state index >= 15 is 0 Å². The lowest BCUT2D eigenvalue weighted by Crippen LogP contribution is -2.15. The molecule has 0 spiro atoms. The van der Waals surface area contributed by atoms with Gasteiger partial charge in [-0.15, -0.1) is 0 Å². The molecule has 0 aliphatic heterocycles. The maximum absolute atomic E-state index is 13.5. The van der Waals surface area contributed by atoms with Gasteiger partial charge in [0.2, 0.25) is 0 Å². The summed E-state index contributed by atoms with van der Waals surface area (Å²) in [6.45, 7) is 0. The van der Waals surface area contributed by atoms with E-state index in [1.54, 1.807) is 41.2 Å². The quantitative estimate of drug-likeness (QED) is 0.777. The van der Waals surface area contributed by atoms with E-state index in [2.05, 4.69) is 15.6 Å². The Kier molecular flexibility index (Phi) is 3.22. The van der Waals surface area contributed by atoms with Crippen LogP contribution in [0.1, 0.15) is 23.2 Å². The van der Waals surface area contributed by atoms with Crippen LogP contribution in [0.2, 0.25) is 0 Å². The van der Waals surface area contributed by atoms with Crippen LogP contribution in [0.4, 0.5) is 15.8 Å². The highest BCUT2D eigenvalue weighted by atomic mass is 19.1. The Labute approximate surface area is 132 Å². The van der Waals surface area contributed by atoms with Crippen LogP contribution in [0.15, 0.2) is 48.9 Å². The van der Waals surface area contributed by atoms with Gasteiger partial charge in [-0.25, -0.2) is 9.37 Å². The van der Waals surface area contributed by atoms with Gasteiger partial charge in [0.1, 0.15) is 11.5 Å². The minimum atomic E-state index is -0.328. The Hall–Kier alpha value is -2.89.